The third kappa shape index (κ3) is 10.5. The standard InChI is InChI=1S/C32H48N4O4/c1-3-5-7-9-14-18-29(37)34-33-28-21-20-25-22-26(40-32(39)24-16-12-11-13-17-24)23-27(28)31(25)36-35-30(38)19-15-10-8-6-4-2/h11-13,16-17,25-27H,3-10,14-15,18-23H2,1-2H3,(H,34,37)(H,35,38)/b33-28+,36-31+/t25-,26+,27+/m1/s1. The summed E-state index contributed by atoms with van der Waals surface area (Å²) in [4.78, 5) is 37.7. The van der Waals surface area contributed by atoms with Crippen molar-refractivity contribution in [1.82, 2.24) is 10.9 Å². The Kier molecular flexibility index (Phi) is 13.9. The molecule has 8 nitrogen and oxygen atoms in total. The monoisotopic (exact) mass is 552 g/mol. The maximum Gasteiger partial charge on any atom is 0.338 e. The Hall–Kier alpha value is -3.03. The van der Waals surface area contributed by atoms with Gasteiger partial charge in [0.1, 0.15) is 6.10 Å². The van der Waals surface area contributed by atoms with E-state index in [0.29, 0.717) is 31.2 Å². The van der Waals surface area contributed by atoms with Gasteiger partial charge >= 0.3 is 5.97 Å². The molecule has 2 saturated carbocycles. The summed E-state index contributed by atoms with van der Waals surface area (Å²) in [5, 5.41) is 9.12. The molecule has 220 valence electrons. The molecular formula is C32H48N4O4. The third-order valence-corrected chi connectivity index (χ3v) is 7.90. The summed E-state index contributed by atoms with van der Waals surface area (Å²) < 4.78 is 5.91. The second-order valence-corrected chi connectivity index (χ2v) is 11.2. The summed E-state index contributed by atoms with van der Waals surface area (Å²) in [6.07, 6.45) is 14.2. The minimum Gasteiger partial charge on any atom is -0.459 e. The zero-order chi connectivity index (χ0) is 28.6. The largest absolute Gasteiger partial charge is 0.459 e. The van der Waals surface area contributed by atoms with E-state index in [1.54, 1.807) is 12.1 Å². The molecule has 2 bridgehead atoms. The van der Waals surface area contributed by atoms with E-state index in [0.717, 1.165) is 62.8 Å². The van der Waals surface area contributed by atoms with Gasteiger partial charge in [-0.25, -0.2) is 15.6 Å². The molecule has 0 heterocycles. The van der Waals surface area contributed by atoms with E-state index < -0.39 is 0 Å². The number of benzene rings is 1. The molecule has 0 aliphatic heterocycles. The van der Waals surface area contributed by atoms with Crippen LogP contribution in [0.1, 0.15) is 127 Å². The number of nitrogens with zero attached hydrogens (tertiary/aromatic N) is 2. The molecule has 2 aliphatic rings. The molecule has 2 amide bonds. The van der Waals surface area contributed by atoms with Gasteiger partial charge in [-0.1, -0.05) is 83.4 Å². The van der Waals surface area contributed by atoms with Gasteiger partial charge in [0.05, 0.1) is 11.3 Å². The summed E-state index contributed by atoms with van der Waals surface area (Å²) in [6, 6.07) is 9.01. The second kappa shape index (κ2) is 17.6. The summed E-state index contributed by atoms with van der Waals surface area (Å²) in [5.41, 5.74) is 7.78. The van der Waals surface area contributed by atoms with Crippen molar-refractivity contribution < 1.29 is 19.1 Å². The van der Waals surface area contributed by atoms with E-state index in [2.05, 4.69) is 34.9 Å². The molecular weight excluding hydrogens is 504 g/mol. The average Bonchev–Trinajstić information content (AvgIpc) is 2.96. The van der Waals surface area contributed by atoms with E-state index in [4.69, 9.17) is 4.74 Å². The Morgan fingerprint density at radius 1 is 0.800 bits per heavy atom. The van der Waals surface area contributed by atoms with Gasteiger partial charge in [-0.2, -0.15) is 10.2 Å². The van der Waals surface area contributed by atoms with Crippen molar-refractivity contribution in [2.75, 3.05) is 0 Å². The quantitative estimate of drug-likeness (QED) is 0.135. The summed E-state index contributed by atoms with van der Waals surface area (Å²) in [5.74, 6) is -0.588. The van der Waals surface area contributed by atoms with Crippen molar-refractivity contribution in [3.8, 4) is 0 Å². The van der Waals surface area contributed by atoms with Gasteiger partial charge in [-0.05, 0) is 50.7 Å². The van der Waals surface area contributed by atoms with Crippen molar-refractivity contribution in [3.63, 3.8) is 0 Å². The predicted octanol–water partition coefficient (Wildman–Crippen LogP) is 6.70. The van der Waals surface area contributed by atoms with Crippen molar-refractivity contribution in [2.45, 2.75) is 123 Å². The number of hydrazone groups is 2. The smallest absolute Gasteiger partial charge is 0.338 e. The molecule has 3 atom stereocenters. The molecule has 1 aromatic rings. The Morgan fingerprint density at radius 3 is 2.02 bits per heavy atom. The molecule has 1 aromatic carbocycles. The summed E-state index contributed by atoms with van der Waals surface area (Å²) in [6.45, 7) is 4.35. The predicted molar refractivity (Wildman–Crippen MR) is 159 cm³/mol. The van der Waals surface area contributed by atoms with Gasteiger partial charge in [-0.3, -0.25) is 9.59 Å². The zero-order valence-electron chi connectivity index (χ0n) is 24.5. The van der Waals surface area contributed by atoms with Gasteiger partial charge in [0.25, 0.3) is 0 Å². The SMILES string of the molecule is CCCCCCCC(=O)N/N=C1\CC[C@@H]2C[C@H](OC(=O)c3ccccc3)C[C@@H]1/C2=N/NC(=O)CCCCCCC. The van der Waals surface area contributed by atoms with Crippen LogP contribution in [0.3, 0.4) is 0 Å². The molecule has 40 heavy (non-hydrogen) atoms. The van der Waals surface area contributed by atoms with Crippen LogP contribution in [0.25, 0.3) is 0 Å². The first-order valence-electron chi connectivity index (χ1n) is 15.5. The number of hydrogen-bond donors (Lipinski definition) is 2. The lowest BCUT2D eigenvalue weighted by atomic mass is 9.68. The molecule has 2 aliphatic carbocycles. The maximum atomic E-state index is 12.8. The first-order chi connectivity index (χ1) is 19.5. The van der Waals surface area contributed by atoms with Gasteiger partial charge in [-0.15, -0.1) is 0 Å². The van der Waals surface area contributed by atoms with Gasteiger partial charge in [0, 0.05) is 30.4 Å². The molecule has 0 unspecified atom stereocenters. The van der Waals surface area contributed by atoms with Gasteiger partial charge in [0.15, 0.2) is 0 Å². The molecule has 8 heteroatoms. The van der Waals surface area contributed by atoms with Crippen molar-refractivity contribution in [1.29, 1.82) is 0 Å². The van der Waals surface area contributed by atoms with Crippen LogP contribution in [-0.4, -0.2) is 35.3 Å². The fourth-order valence-electron chi connectivity index (χ4n) is 5.62. The third-order valence-electron chi connectivity index (χ3n) is 7.90. The fourth-order valence-corrected chi connectivity index (χ4v) is 5.62. The van der Waals surface area contributed by atoms with E-state index in [1.807, 2.05) is 18.2 Å². The number of carbonyl (C=O) groups is 3. The van der Waals surface area contributed by atoms with Crippen molar-refractivity contribution in [3.05, 3.63) is 35.9 Å². The Bertz CT molecular complexity index is 1010. The van der Waals surface area contributed by atoms with Gasteiger partial charge < -0.3 is 4.74 Å². The minimum absolute atomic E-state index is 0.0745. The maximum absolute atomic E-state index is 12.8. The lowest BCUT2D eigenvalue weighted by molar-refractivity contribution is -0.122. The van der Waals surface area contributed by atoms with Crippen LogP contribution in [-0.2, 0) is 14.3 Å². The average molecular weight is 553 g/mol. The fraction of sp³-hybridized carbons (Fsp3) is 0.656. The van der Waals surface area contributed by atoms with Crippen LogP contribution >= 0.6 is 0 Å². The molecule has 2 fully saturated rings. The van der Waals surface area contributed by atoms with Crippen molar-refractivity contribution in [2.24, 2.45) is 22.0 Å². The van der Waals surface area contributed by atoms with Crippen LogP contribution in [0.15, 0.2) is 40.5 Å². The number of hydrogen-bond acceptors (Lipinski definition) is 6. The molecule has 3 rings (SSSR count). The Labute approximate surface area is 239 Å². The first kappa shape index (κ1) is 31.5. The number of amides is 2. The van der Waals surface area contributed by atoms with Crippen LogP contribution in [0.5, 0.6) is 0 Å². The number of nitrogens with one attached hydrogen (secondary N) is 2. The van der Waals surface area contributed by atoms with Crippen molar-refractivity contribution >= 4 is 29.2 Å². The first-order valence-corrected chi connectivity index (χ1v) is 15.5. The van der Waals surface area contributed by atoms with E-state index in [1.165, 1.54) is 25.7 Å². The number of fused-ring (bicyclic) bond motifs is 2. The number of esters is 1. The highest BCUT2D eigenvalue weighted by atomic mass is 16.5. The lowest BCUT2D eigenvalue weighted by Gasteiger charge is -2.40. The number of rotatable bonds is 16. The van der Waals surface area contributed by atoms with E-state index in [-0.39, 0.29) is 35.7 Å². The Balaban J connectivity index is 1.64. The zero-order valence-corrected chi connectivity index (χ0v) is 24.5. The lowest BCUT2D eigenvalue weighted by Crippen LogP contribution is -2.46. The molecule has 2 N–H and O–H groups in total. The van der Waals surface area contributed by atoms with Crippen LogP contribution < -0.4 is 10.9 Å². The van der Waals surface area contributed by atoms with Crippen LogP contribution in [0, 0.1) is 11.8 Å². The highest BCUT2D eigenvalue weighted by Crippen LogP contribution is 2.38. The number of ether oxygens (including phenoxy) is 1. The van der Waals surface area contributed by atoms with Crippen LogP contribution in [0.2, 0.25) is 0 Å². The summed E-state index contributed by atoms with van der Waals surface area (Å²) in [7, 11) is 0. The second-order valence-electron chi connectivity index (χ2n) is 11.2. The highest BCUT2D eigenvalue weighted by Gasteiger charge is 2.42. The molecule has 0 aromatic heterocycles. The summed E-state index contributed by atoms with van der Waals surface area (Å²) >= 11 is 0. The topological polar surface area (TPSA) is 109 Å². The molecule has 0 radical (unpaired) electrons. The van der Waals surface area contributed by atoms with E-state index >= 15 is 0 Å². The van der Waals surface area contributed by atoms with E-state index in [9.17, 15) is 14.4 Å². The molecule has 0 saturated heterocycles. The Morgan fingerprint density at radius 2 is 1.40 bits per heavy atom. The number of unbranched alkanes of at least 4 members (excludes halogenated alkanes) is 8. The van der Waals surface area contributed by atoms with Gasteiger partial charge in [0.2, 0.25) is 11.8 Å². The molecule has 0 spiro atoms. The van der Waals surface area contributed by atoms with Crippen LogP contribution in [0.4, 0.5) is 0 Å². The minimum atomic E-state index is -0.338. The highest BCUT2D eigenvalue weighted by molar-refractivity contribution is 6.11. The number of carbonyl (C=O) groups excluding carboxylic acids is 3. The normalized spacial score (nSPS) is 22.2.